The molecule has 1 atom stereocenters. The number of nitrogen functional groups attached to an aromatic ring is 1. The first-order chi connectivity index (χ1) is 9.50. The fraction of sp³-hybridized carbons (Fsp3) is 0.357. The molecule has 1 unspecified atom stereocenters. The van der Waals surface area contributed by atoms with Crippen LogP contribution in [0.25, 0.3) is 0 Å². The van der Waals surface area contributed by atoms with Crippen LogP contribution in [0.1, 0.15) is 40.2 Å². The first-order valence-electron chi connectivity index (χ1n) is 6.41. The minimum atomic E-state index is -0.228. The molecule has 6 heteroatoms. The van der Waals surface area contributed by atoms with E-state index in [0.717, 1.165) is 17.0 Å². The van der Waals surface area contributed by atoms with Crippen LogP contribution < -0.4 is 11.1 Å². The zero-order chi connectivity index (χ0) is 14.7. The summed E-state index contributed by atoms with van der Waals surface area (Å²) in [6.07, 6.45) is 3.02. The molecule has 2 rings (SSSR count). The SMILES string of the molecule is Cc1noc(C)c1C(C)CNC(=O)c1cnccc1N. The Hall–Kier alpha value is -2.37. The smallest absolute Gasteiger partial charge is 0.254 e. The van der Waals surface area contributed by atoms with Gasteiger partial charge in [0, 0.05) is 36.1 Å². The quantitative estimate of drug-likeness (QED) is 0.886. The second kappa shape index (κ2) is 5.73. The Morgan fingerprint density at radius 3 is 2.85 bits per heavy atom. The number of pyridine rings is 1. The number of carbonyl (C=O) groups excluding carboxylic acids is 1. The standard InChI is InChI=1S/C14H18N4O2/c1-8(13-9(2)18-20-10(13)3)6-17-14(19)11-7-16-5-4-12(11)15/h4-5,7-8H,6H2,1-3H3,(H2,15,16)(H,17,19). The van der Waals surface area contributed by atoms with Crippen LogP contribution in [0.3, 0.4) is 0 Å². The number of hydrogen-bond acceptors (Lipinski definition) is 5. The Kier molecular flexibility index (Phi) is 4.02. The van der Waals surface area contributed by atoms with Gasteiger partial charge in [-0.15, -0.1) is 0 Å². The highest BCUT2D eigenvalue weighted by atomic mass is 16.5. The summed E-state index contributed by atoms with van der Waals surface area (Å²) in [7, 11) is 0. The molecule has 0 saturated heterocycles. The number of nitrogens with one attached hydrogen (secondary N) is 1. The maximum Gasteiger partial charge on any atom is 0.254 e. The van der Waals surface area contributed by atoms with Gasteiger partial charge in [-0.25, -0.2) is 0 Å². The Labute approximate surface area is 117 Å². The number of nitrogens with two attached hydrogens (primary N) is 1. The molecule has 0 aliphatic carbocycles. The predicted molar refractivity (Wildman–Crippen MR) is 75.4 cm³/mol. The largest absolute Gasteiger partial charge is 0.398 e. The Morgan fingerprint density at radius 2 is 2.25 bits per heavy atom. The predicted octanol–water partition coefficient (Wildman–Crippen LogP) is 1.80. The van der Waals surface area contributed by atoms with Crippen molar-refractivity contribution in [2.24, 2.45) is 0 Å². The van der Waals surface area contributed by atoms with Gasteiger partial charge in [-0.05, 0) is 19.9 Å². The summed E-state index contributed by atoms with van der Waals surface area (Å²) < 4.78 is 5.13. The van der Waals surface area contributed by atoms with Gasteiger partial charge < -0.3 is 15.6 Å². The molecule has 106 valence electrons. The first-order valence-corrected chi connectivity index (χ1v) is 6.41. The van der Waals surface area contributed by atoms with Crippen molar-refractivity contribution >= 4 is 11.6 Å². The van der Waals surface area contributed by atoms with Crippen LogP contribution in [-0.2, 0) is 0 Å². The van der Waals surface area contributed by atoms with Gasteiger partial charge in [0.05, 0.1) is 11.3 Å². The summed E-state index contributed by atoms with van der Waals surface area (Å²) in [6.45, 7) is 6.26. The molecule has 20 heavy (non-hydrogen) atoms. The summed E-state index contributed by atoms with van der Waals surface area (Å²) >= 11 is 0. The van der Waals surface area contributed by atoms with Crippen LogP contribution in [-0.4, -0.2) is 22.6 Å². The normalized spacial score (nSPS) is 12.2. The number of amides is 1. The fourth-order valence-corrected chi connectivity index (χ4v) is 2.23. The number of aryl methyl sites for hydroxylation is 2. The van der Waals surface area contributed by atoms with Crippen LogP contribution in [0.5, 0.6) is 0 Å². The lowest BCUT2D eigenvalue weighted by atomic mass is 9.99. The molecule has 0 aliphatic heterocycles. The molecule has 0 spiro atoms. The van der Waals surface area contributed by atoms with Gasteiger partial charge in [-0.3, -0.25) is 9.78 Å². The maximum atomic E-state index is 12.0. The van der Waals surface area contributed by atoms with E-state index < -0.39 is 0 Å². The second-order valence-corrected chi connectivity index (χ2v) is 4.81. The van der Waals surface area contributed by atoms with Gasteiger partial charge >= 0.3 is 0 Å². The van der Waals surface area contributed by atoms with Crippen molar-refractivity contribution in [2.45, 2.75) is 26.7 Å². The van der Waals surface area contributed by atoms with Crippen molar-refractivity contribution in [3.8, 4) is 0 Å². The van der Waals surface area contributed by atoms with E-state index in [1.165, 1.54) is 6.20 Å². The number of nitrogens with zero attached hydrogens (tertiary/aromatic N) is 2. The van der Waals surface area contributed by atoms with Crippen LogP contribution in [0, 0.1) is 13.8 Å². The average Bonchev–Trinajstić information content (AvgIpc) is 2.76. The van der Waals surface area contributed by atoms with Crippen LogP contribution >= 0.6 is 0 Å². The number of rotatable bonds is 4. The molecule has 2 heterocycles. The molecule has 2 aromatic rings. The summed E-state index contributed by atoms with van der Waals surface area (Å²) in [5.74, 6) is 0.669. The minimum absolute atomic E-state index is 0.114. The molecule has 0 aliphatic rings. The molecule has 2 aromatic heterocycles. The highest BCUT2D eigenvalue weighted by molar-refractivity contribution is 5.98. The zero-order valence-corrected chi connectivity index (χ0v) is 11.8. The molecular weight excluding hydrogens is 256 g/mol. The van der Waals surface area contributed by atoms with Crippen molar-refractivity contribution < 1.29 is 9.32 Å². The lowest BCUT2D eigenvalue weighted by Gasteiger charge is -2.13. The minimum Gasteiger partial charge on any atom is -0.398 e. The van der Waals surface area contributed by atoms with Crippen LogP contribution in [0.15, 0.2) is 23.0 Å². The molecule has 0 radical (unpaired) electrons. The molecule has 0 aromatic carbocycles. The van der Waals surface area contributed by atoms with Crippen LogP contribution in [0.2, 0.25) is 0 Å². The highest BCUT2D eigenvalue weighted by Gasteiger charge is 2.18. The van der Waals surface area contributed by atoms with Gasteiger partial charge in [0.25, 0.3) is 5.91 Å². The van der Waals surface area contributed by atoms with E-state index in [1.54, 1.807) is 12.3 Å². The Morgan fingerprint density at radius 1 is 1.50 bits per heavy atom. The highest BCUT2D eigenvalue weighted by Crippen LogP contribution is 2.22. The van der Waals surface area contributed by atoms with Crippen molar-refractivity contribution in [1.29, 1.82) is 0 Å². The van der Waals surface area contributed by atoms with Gasteiger partial charge in [-0.2, -0.15) is 0 Å². The van der Waals surface area contributed by atoms with Gasteiger partial charge in [-0.1, -0.05) is 12.1 Å². The lowest BCUT2D eigenvalue weighted by molar-refractivity contribution is 0.0952. The molecule has 1 amide bonds. The van der Waals surface area contributed by atoms with Crippen molar-refractivity contribution in [2.75, 3.05) is 12.3 Å². The average molecular weight is 274 g/mol. The van der Waals surface area contributed by atoms with Crippen molar-refractivity contribution in [3.05, 3.63) is 41.0 Å². The molecule has 3 N–H and O–H groups in total. The lowest BCUT2D eigenvalue weighted by Crippen LogP contribution is -2.28. The number of hydrogen-bond donors (Lipinski definition) is 2. The Balaban J connectivity index is 2.02. The number of carbonyl (C=O) groups is 1. The van der Waals surface area contributed by atoms with Gasteiger partial charge in [0.2, 0.25) is 0 Å². The first kappa shape index (κ1) is 14.0. The second-order valence-electron chi connectivity index (χ2n) is 4.81. The van der Waals surface area contributed by atoms with Crippen molar-refractivity contribution in [3.63, 3.8) is 0 Å². The molecule has 0 bridgehead atoms. The third kappa shape index (κ3) is 2.79. The topological polar surface area (TPSA) is 94.0 Å². The summed E-state index contributed by atoms with van der Waals surface area (Å²) in [5.41, 5.74) is 8.44. The number of aromatic nitrogens is 2. The molecule has 0 fully saturated rings. The van der Waals surface area contributed by atoms with Gasteiger partial charge in [0.15, 0.2) is 0 Å². The maximum absolute atomic E-state index is 12.0. The van der Waals surface area contributed by atoms with E-state index in [9.17, 15) is 4.79 Å². The van der Waals surface area contributed by atoms with Gasteiger partial charge in [0.1, 0.15) is 5.76 Å². The zero-order valence-electron chi connectivity index (χ0n) is 11.8. The van der Waals surface area contributed by atoms with E-state index in [4.69, 9.17) is 10.3 Å². The van der Waals surface area contributed by atoms with E-state index in [0.29, 0.717) is 17.8 Å². The molecule has 0 saturated carbocycles. The van der Waals surface area contributed by atoms with Crippen LogP contribution in [0.4, 0.5) is 5.69 Å². The van der Waals surface area contributed by atoms with E-state index in [2.05, 4.69) is 15.5 Å². The summed E-state index contributed by atoms with van der Waals surface area (Å²) in [6, 6.07) is 1.60. The summed E-state index contributed by atoms with van der Waals surface area (Å²) in [4.78, 5) is 15.9. The van der Waals surface area contributed by atoms with E-state index >= 15 is 0 Å². The summed E-state index contributed by atoms with van der Waals surface area (Å²) in [5, 5.41) is 6.77. The third-order valence-electron chi connectivity index (χ3n) is 3.25. The molecule has 6 nitrogen and oxygen atoms in total. The number of anilines is 1. The monoisotopic (exact) mass is 274 g/mol. The fourth-order valence-electron chi connectivity index (χ4n) is 2.23. The van der Waals surface area contributed by atoms with Crippen molar-refractivity contribution in [1.82, 2.24) is 15.5 Å². The van der Waals surface area contributed by atoms with E-state index in [1.807, 2.05) is 20.8 Å². The van der Waals surface area contributed by atoms with E-state index in [-0.39, 0.29) is 11.8 Å². The molecular formula is C14H18N4O2. The third-order valence-corrected chi connectivity index (χ3v) is 3.25. The Bertz CT molecular complexity index is 602.